The molecule has 0 unspecified atom stereocenters. The van der Waals surface area contributed by atoms with E-state index in [-0.39, 0.29) is 5.91 Å². The molecule has 0 atom stereocenters. The normalized spacial score (nSPS) is 14.8. The lowest BCUT2D eigenvalue weighted by atomic mass is 10.1. The molecule has 0 radical (unpaired) electrons. The van der Waals surface area contributed by atoms with Gasteiger partial charge in [0.25, 0.3) is 5.91 Å². The number of hydrogen-bond acceptors (Lipinski definition) is 7. The number of thioether (sulfide) groups is 1. The Kier molecular flexibility index (Phi) is 7.54. The summed E-state index contributed by atoms with van der Waals surface area (Å²) >= 11 is 6.64. The van der Waals surface area contributed by atoms with Crippen molar-refractivity contribution in [1.82, 2.24) is 4.90 Å². The molecule has 9 heteroatoms. The van der Waals surface area contributed by atoms with Gasteiger partial charge in [0.05, 0.1) is 25.2 Å². The van der Waals surface area contributed by atoms with Crippen LogP contribution >= 0.6 is 24.0 Å². The zero-order chi connectivity index (χ0) is 22.4. The van der Waals surface area contributed by atoms with Gasteiger partial charge in [-0.2, -0.15) is 0 Å². The van der Waals surface area contributed by atoms with E-state index in [0.29, 0.717) is 33.9 Å². The topological polar surface area (TPSA) is 85.3 Å². The highest BCUT2D eigenvalue weighted by molar-refractivity contribution is 8.26. The van der Waals surface area contributed by atoms with Crippen molar-refractivity contribution in [3.05, 3.63) is 58.5 Å². The van der Waals surface area contributed by atoms with Crippen LogP contribution in [0.2, 0.25) is 0 Å². The number of carbonyl (C=O) groups is 2. The third-order valence-corrected chi connectivity index (χ3v) is 5.67. The van der Waals surface area contributed by atoms with Crippen molar-refractivity contribution in [2.24, 2.45) is 0 Å². The van der Waals surface area contributed by atoms with Crippen molar-refractivity contribution >= 4 is 46.3 Å². The molecule has 1 saturated heterocycles. The number of hydrogen-bond donors (Lipinski definition) is 1. The van der Waals surface area contributed by atoms with Crippen LogP contribution in [-0.2, 0) is 16.1 Å². The van der Waals surface area contributed by atoms with Crippen LogP contribution in [-0.4, -0.2) is 46.5 Å². The standard InChI is InChI=1S/C22H21NO6S2/c1-3-28-18-10-15(6-9-17(18)29-13-20(24)25)11-19-21(26)23(22(30)31-19)12-14-4-7-16(27-2)8-5-14/h4-11H,3,12-13H2,1-2H3,(H,24,25). The van der Waals surface area contributed by atoms with E-state index in [2.05, 4.69) is 0 Å². The summed E-state index contributed by atoms with van der Waals surface area (Å²) in [7, 11) is 1.60. The molecule has 1 N–H and O–H groups in total. The Hall–Kier alpha value is -3.04. The van der Waals surface area contributed by atoms with Crippen molar-refractivity contribution in [2.45, 2.75) is 13.5 Å². The van der Waals surface area contributed by atoms with Gasteiger partial charge in [-0.1, -0.05) is 42.2 Å². The smallest absolute Gasteiger partial charge is 0.341 e. The first-order valence-corrected chi connectivity index (χ1v) is 10.6. The summed E-state index contributed by atoms with van der Waals surface area (Å²) in [6, 6.07) is 12.5. The van der Waals surface area contributed by atoms with Crippen molar-refractivity contribution in [3.63, 3.8) is 0 Å². The highest BCUT2D eigenvalue weighted by Crippen LogP contribution is 2.35. The molecule has 1 fully saturated rings. The van der Waals surface area contributed by atoms with E-state index >= 15 is 0 Å². The van der Waals surface area contributed by atoms with Crippen LogP contribution in [0.1, 0.15) is 18.1 Å². The molecule has 0 bridgehead atoms. The molecule has 0 saturated carbocycles. The summed E-state index contributed by atoms with van der Waals surface area (Å²) in [5, 5.41) is 8.81. The van der Waals surface area contributed by atoms with Crippen molar-refractivity contribution in [1.29, 1.82) is 0 Å². The molecule has 1 aliphatic rings. The van der Waals surface area contributed by atoms with Crippen LogP contribution in [0, 0.1) is 0 Å². The van der Waals surface area contributed by atoms with E-state index < -0.39 is 12.6 Å². The van der Waals surface area contributed by atoms with Crippen LogP contribution in [0.15, 0.2) is 47.4 Å². The van der Waals surface area contributed by atoms with Gasteiger partial charge in [0.15, 0.2) is 18.1 Å². The predicted molar refractivity (Wildman–Crippen MR) is 122 cm³/mol. The molecule has 3 rings (SSSR count). The van der Waals surface area contributed by atoms with Gasteiger partial charge in [0.2, 0.25) is 0 Å². The van der Waals surface area contributed by atoms with Crippen LogP contribution in [0.4, 0.5) is 0 Å². The maximum atomic E-state index is 12.9. The minimum atomic E-state index is -1.08. The van der Waals surface area contributed by atoms with Crippen LogP contribution < -0.4 is 14.2 Å². The van der Waals surface area contributed by atoms with Gasteiger partial charge in [0, 0.05) is 0 Å². The number of amides is 1. The minimum Gasteiger partial charge on any atom is -0.497 e. The largest absolute Gasteiger partial charge is 0.497 e. The summed E-state index contributed by atoms with van der Waals surface area (Å²) in [4.78, 5) is 25.7. The predicted octanol–water partition coefficient (Wildman–Crippen LogP) is 3.96. The number of nitrogens with zero attached hydrogens (tertiary/aromatic N) is 1. The molecule has 162 valence electrons. The van der Waals surface area contributed by atoms with E-state index in [0.717, 1.165) is 16.9 Å². The number of carbonyl (C=O) groups excluding carboxylic acids is 1. The number of carboxylic acid groups (broad SMARTS) is 1. The van der Waals surface area contributed by atoms with Gasteiger partial charge < -0.3 is 19.3 Å². The summed E-state index contributed by atoms with van der Waals surface area (Å²) < 4.78 is 16.5. The lowest BCUT2D eigenvalue weighted by Crippen LogP contribution is -2.27. The zero-order valence-corrected chi connectivity index (χ0v) is 18.6. The van der Waals surface area contributed by atoms with Crippen LogP contribution in [0.25, 0.3) is 6.08 Å². The summed E-state index contributed by atoms with van der Waals surface area (Å²) in [5.74, 6) is 0.233. The van der Waals surface area contributed by atoms with Crippen molar-refractivity contribution in [3.8, 4) is 17.2 Å². The van der Waals surface area contributed by atoms with Crippen LogP contribution in [0.3, 0.4) is 0 Å². The summed E-state index contributed by atoms with van der Waals surface area (Å²) in [6.07, 6.45) is 1.73. The Morgan fingerprint density at radius 3 is 2.55 bits per heavy atom. The number of rotatable bonds is 9. The van der Waals surface area contributed by atoms with E-state index in [4.69, 9.17) is 31.5 Å². The van der Waals surface area contributed by atoms with Gasteiger partial charge >= 0.3 is 5.97 Å². The Bertz CT molecular complexity index is 1020. The van der Waals surface area contributed by atoms with Crippen molar-refractivity contribution in [2.75, 3.05) is 20.3 Å². The lowest BCUT2D eigenvalue weighted by molar-refractivity contribution is -0.139. The number of ether oxygens (including phenoxy) is 3. The fourth-order valence-corrected chi connectivity index (χ4v) is 4.10. The molecule has 1 heterocycles. The molecule has 2 aromatic rings. The monoisotopic (exact) mass is 459 g/mol. The second-order valence-corrected chi connectivity index (χ2v) is 8.11. The highest BCUT2D eigenvalue weighted by Gasteiger charge is 2.32. The average molecular weight is 460 g/mol. The quantitative estimate of drug-likeness (QED) is 0.446. The molecular weight excluding hydrogens is 438 g/mol. The van der Waals surface area contributed by atoms with E-state index in [9.17, 15) is 9.59 Å². The number of benzene rings is 2. The molecular formula is C22H21NO6S2. The van der Waals surface area contributed by atoms with Gasteiger partial charge in [0.1, 0.15) is 10.1 Å². The second-order valence-electron chi connectivity index (χ2n) is 6.44. The lowest BCUT2D eigenvalue weighted by Gasteiger charge is -2.14. The summed E-state index contributed by atoms with van der Waals surface area (Å²) in [6.45, 7) is 2.11. The first-order valence-electron chi connectivity index (χ1n) is 9.41. The zero-order valence-electron chi connectivity index (χ0n) is 17.0. The van der Waals surface area contributed by atoms with Gasteiger partial charge in [-0.15, -0.1) is 0 Å². The average Bonchev–Trinajstić information content (AvgIpc) is 3.01. The molecule has 1 aliphatic heterocycles. The SMILES string of the molecule is CCOc1cc(C=C2SC(=S)N(Cc3ccc(OC)cc3)C2=O)ccc1OCC(=O)O. The molecule has 31 heavy (non-hydrogen) atoms. The number of methoxy groups -OCH3 is 1. The first-order chi connectivity index (χ1) is 14.9. The molecule has 0 spiro atoms. The Balaban J connectivity index is 1.77. The Labute approximate surface area is 189 Å². The first kappa shape index (κ1) is 22.6. The molecule has 1 amide bonds. The molecule has 0 aliphatic carbocycles. The second kappa shape index (κ2) is 10.3. The number of thiocarbonyl (C=S) groups is 1. The maximum Gasteiger partial charge on any atom is 0.341 e. The van der Waals surface area contributed by atoms with E-state index in [1.165, 1.54) is 11.8 Å². The maximum absolute atomic E-state index is 12.9. The fourth-order valence-electron chi connectivity index (χ4n) is 2.84. The van der Waals surface area contributed by atoms with E-state index in [1.54, 1.807) is 36.3 Å². The van der Waals surface area contributed by atoms with E-state index in [1.807, 2.05) is 31.2 Å². The molecule has 0 aromatic heterocycles. The van der Waals surface area contributed by atoms with Crippen molar-refractivity contribution < 1.29 is 28.9 Å². The highest BCUT2D eigenvalue weighted by atomic mass is 32.2. The summed E-state index contributed by atoms with van der Waals surface area (Å²) in [5.41, 5.74) is 1.66. The number of carboxylic acids is 1. The van der Waals surface area contributed by atoms with Gasteiger partial charge in [-0.25, -0.2) is 4.79 Å². The Morgan fingerprint density at radius 2 is 1.90 bits per heavy atom. The minimum absolute atomic E-state index is 0.171. The number of aliphatic carboxylic acids is 1. The van der Waals surface area contributed by atoms with Gasteiger partial charge in [-0.05, 0) is 48.4 Å². The third kappa shape index (κ3) is 5.77. The van der Waals surface area contributed by atoms with Gasteiger partial charge in [-0.3, -0.25) is 9.69 Å². The third-order valence-electron chi connectivity index (χ3n) is 4.29. The molecule has 7 nitrogen and oxygen atoms in total. The van der Waals surface area contributed by atoms with Crippen LogP contribution in [0.5, 0.6) is 17.2 Å². The molecule has 2 aromatic carbocycles. The Morgan fingerprint density at radius 1 is 1.16 bits per heavy atom. The fraction of sp³-hybridized carbons (Fsp3) is 0.227.